The van der Waals surface area contributed by atoms with Gasteiger partial charge < -0.3 is 11.3 Å². The van der Waals surface area contributed by atoms with Crippen LogP contribution in [-0.4, -0.2) is 50.4 Å². The SMILES string of the molecule is Cc1c(OCC(F)(F)F)ccnc1CS(=O)c1nc2ccccc2n1S(=O)(=O)c1cccc(C(=O)O)c1.[H-].[Na+]. The molecule has 1 atom stereocenters. The third-order valence-corrected chi connectivity index (χ3v) is 8.26. The van der Waals surface area contributed by atoms with Crippen molar-refractivity contribution in [1.82, 2.24) is 13.9 Å². The molecule has 0 saturated heterocycles. The van der Waals surface area contributed by atoms with Crippen molar-refractivity contribution in [2.75, 3.05) is 6.61 Å². The number of para-hydroxylation sites is 2. The molecule has 0 aliphatic rings. The summed E-state index contributed by atoms with van der Waals surface area (Å²) in [7, 11) is -6.60. The molecule has 9 nitrogen and oxygen atoms in total. The van der Waals surface area contributed by atoms with Gasteiger partial charge in [0.2, 0.25) is 5.16 Å². The fourth-order valence-corrected chi connectivity index (χ4v) is 6.55. The maximum Gasteiger partial charge on any atom is 1.00 e. The van der Waals surface area contributed by atoms with Gasteiger partial charge in [0.1, 0.15) is 5.75 Å². The van der Waals surface area contributed by atoms with Crippen LogP contribution in [0.1, 0.15) is 23.0 Å². The van der Waals surface area contributed by atoms with Gasteiger partial charge in [-0.1, -0.05) is 18.2 Å². The molecule has 4 rings (SSSR count). The monoisotopic (exact) mass is 577 g/mol. The average molecular weight is 578 g/mol. The Bertz CT molecular complexity index is 1650. The molecule has 0 spiro atoms. The molecule has 0 radical (unpaired) electrons. The Morgan fingerprint density at radius 2 is 1.87 bits per heavy atom. The molecule has 196 valence electrons. The summed E-state index contributed by atoms with van der Waals surface area (Å²) in [4.78, 5) is 19.3. The Balaban J connectivity index is 0.00000267. The van der Waals surface area contributed by atoms with Crippen LogP contribution < -0.4 is 34.3 Å². The number of pyridine rings is 1. The Morgan fingerprint density at radius 1 is 1.16 bits per heavy atom. The first-order valence-electron chi connectivity index (χ1n) is 10.5. The van der Waals surface area contributed by atoms with Gasteiger partial charge in [-0.3, -0.25) is 9.19 Å². The zero-order valence-electron chi connectivity index (χ0n) is 21.0. The van der Waals surface area contributed by atoms with E-state index in [4.69, 9.17) is 4.74 Å². The van der Waals surface area contributed by atoms with Crippen molar-refractivity contribution >= 4 is 37.8 Å². The molecule has 2 aromatic carbocycles. The number of carboxylic acid groups (broad SMARTS) is 1. The first-order chi connectivity index (χ1) is 17.4. The topological polar surface area (TPSA) is 128 Å². The zero-order valence-corrected chi connectivity index (χ0v) is 23.6. The Morgan fingerprint density at radius 3 is 2.55 bits per heavy atom. The van der Waals surface area contributed by atoms with E-state index in [9.17, 15) is 35.7 Å². The molecular weight excluding hydrogens is 558 g/mol. The van der Waals surface area contributed by atoms with E-state index >= 15 is 0 Å². The zero-order chi connectivity index (χ0) is 27.0. The quantitative estimate of drug-likeness (QED) is 0.308. The van der Waals surface area contributed by atoms with Crippen molar-refractivity contribution < 1.29 is 71.4 Å². The Hall–Kier alpha value is -2.78. The van der Waals surface area contributed by atoms with Crippen LogP contribution in [-0.2, 0) is 26.6 Å². The van der Waals surface area contributed by atoms with Gasteiger partial charge in [0.05, 0.1) is 43.7 Å². The van der Waals surface area contributed by atoms with Crippen molar-refractivity contribution in [2.24, 2.45) is 0 Å². The predicted octanol–water partition coefficient (Wildman–Crippen LogP) is 1.04. The van der Waals surface area contributed by atoms with Crippen LogP contribution in [0.3, 0.4) is 0 Å². The third-order valence-electron chi connectivity index (χ3n) is 5.23. The van der Waals surface area contributed by atoms with Crippen molar-refractivity contribution in [3.05, 3.63) is 77.6 Å². The summed E-state index contributed by atoms with van der Waals surface area (Å²) in [6.45, 7) is -0.0772. The van der Waals surface area contributed by atoms with E-state index in [1.54, 1.807) is 12.1 Å². The molecule has 0 bridgehead atoms. The number of hydrogen-bond acceptors (Lipinski definition) is 7. The number of benzene rings is 2. The third kappa shape index (κ3) is 6.26. The first kappa shape index (κ1) is 29.8. The summed E-state index contributed by atoms with van der Waals surface area (Å²) in [5.74, 6) is -1.81. The number of aromatic nitrogens is 3. The minimum Gasteiger partial charge on any atom is -1.00 e. The molecule has 0 aliphatic carbocycles. The molecule has 1 N–H and O–H groups in total. The van der Waals surface area contributed by atoms with Crippen molar-refractivity contribution in [3.63, 3.8) is 0 Å². The number of alkyl halides is 3. The van der Waals surface area contributed by atoms with Crippen LogP contribution in [0.5, 0.6) is 5.75 Å². The van der Waals surface area contributed by atoms with Crippen molar-refractivity contribution in [3.8, 4) is 5.75 Å². The summed E-state index contributed by atoms with van der Waals surface area (Å²) < 4.78 is 84.0. The van der Waals surface area contributed by atoms with Gasteiger partial charge in [0.15, 0.2) is 6.61 Å². The van der Waals surface area contributed by atoms with Gasteiger partial charge in [-0.15, -0.1) is 0 Å². The van der Waals surface area contributed by atoms with E-state index in [1.807, 2.05) is 0 Å². The van der Waals surface area contributed by atoms with Crippen LogP contribution in [0.15, 0.2) is 70.8 Å². The van der Waals surface area contributed by atoms with E-state index in [0.29, 0.717) is 0 Å². The summed E-state index contributed by atoms with van der Waals surface area (Å²) in [6.07, 6.45) is -3.36. The van der Waals surface area contributed by atoms with Gasteiger partial charge in [0, 0.05) is 11.8 Å². The normalized spacial score (nSPS) is 12.6. The Labute approximate surface area is 241 Å². The van der Waals surface area contributed by atoms with Crippen molar-refractivity contribution in [1.29, 1.82) is 0 Å². The van der Waals surface area contributed by atoms with E-state index in [1.165, 1.54) is 49.5 Å². The van der Waals surface area contributed by atoms with Crippen LogP contribution in [0.2, 0.25) is 0 Å². The smallest absolute Gasteiger partial charge is 1.00 e. The predicted molar refractivity (Wildman–Crippen MR) is 127 cm³/mol. The molecule has 0 fully saturated rings. The first-order valence-corrected chi connectivity index (χ1v) is 13.2. The van der Waals surface area contributed by atoms with E-state index < -0.39 is 39.6 Å². The second-order valence-electron chi connectivity index (χ2n) is 7.76. The van der Waals surface area contributed by atoms with Crippen LogP contribution in [0.25, 0.3) is 11.0 Å². The van der Waals surface area contributed by atoms with Gasteiger partial charge in [-0.2, -0.15) is 13.2 Å². The summed E-state index contributed by atoms with van der Waals surface area (Å²) >= 11 is 0. The molecular formula is C23H19F3N3NaO6S2. The molecule has 2 heterocycles. The average Bonchev–Trinajstić information content (AvgIpc) is 3.25. The minimum atomic E-state index is -4.56. The van der Waals surface area contributed by atoms with Gasteiger partial charge in [-0.05, 0) is 43.3 Å². The number of fused-ring (bicyclic) bond motifs is 1. The number of nitrogens with zero attached hydrogens (tertiary/aromatic N) is 3. The number of imidazole rings is 1. The Kier molecular flexibility index (Phi) is 9.04. The summed E-state index contributed by atoms with van der Waals surface area (Å²) in [6, 6.07) is 12.1. The molecule has 0 aliphatic heterocycles. The fourth-order valence-electron chi connectivity index (χ4n) is 3.46. The molecule has 0 saturated carbocycles. The molecule has 38 heavy (non-hydrogen) atoms. The number of hydrogen-bond donors (Lipinski definition) is 1. The van der Waals surface area contributed by atoms with E-state index in [0.717, 1.165) is 10.0 Å². The van der Waals surface area contributed by atoms with Crippen LogP contribution >= 0.6 is 0 Å². The van der Waals surface area contributed by atoms with Crippen molar-refractivity contribution in [2.45, 2.75) is 28.9 Å². The maximum absolute atomic E-state index is 13.6. The largest absolute Gasteiger partial charge is 1.00 e. The number of carboxylic acids is 1. The van der Waals surface area contributed by atoms with E-state index in [2.05, 4.69) is 9.97 Å². The molecule has 1 unspecified atom stereocenters. The minimum absolute atomic E-state index is 0. The van der Waals surface area contributed by atoms with Crippen LogP contribution in [0, 0.1) is 6.92 Å². The number of ether oxygens (including phenoxy) is 1. The summed E-state index contributed by atoms with van der Waals surface area (Å²) in [5.41, 5.74) is 0.402. The summed E-state index contributed by atoms with van der Waals surface area (Å²) in [5, 5.41) is 8.92. The standard InChI is InChI=1S/C23H18F3N3O6S2.Na.H/c1-14-18(27-10-9-20(14)35-13-23(24,25)26)12-36(32)22-28-17-7-2-3-8-19(17)29(22)37(33,34)16-6-4-5-15(11-16)21(30)31;;/h2-11H,12-13H2,1H3,(H,30,31);;/q;+1;-1. The van der Waals surface area contributed by atoms with E-state index in [-0.39, 0.29) is 80.4 Å². The molecule has 4 aromatic rings. The molecule has 0 amide bonds. The molecule has 15 heteroatoms. The number of rotatable bonds is 8. The maximum atomic E-state index is 13.6. The number of carbonyl (C=O) groups is 1. The molecule has 2 aromatic heterocycles. The number of halogens is 3. The van der Waals surface area contributed by atoms with Gasteiger partial charge >= 0.3 is 41.7 Å². The fraction of sp³-hybridized carbons (Fsp3) is 0.174. The van der Waals surface area contributed by atoms with Gasteiger partial charge in [-0.25, -0.2) is 22.2 Å². The second-order valence-corrected chi connectivity index (χ2v) is 10.9. The number of aromatic carboxylic acids is 1. The van der Waals surface area contributed by atoms with Crippen LogP contribution in [0.4, 0.5) is 13.2 Å². The van der Waals surface area contributed by atoms with Gasteiger partial charge in [0.25, 0.3) is 10.0 Å². The second kappa shape index (κ2) is 11.5.